The maximum atomic E-state index is 12.2. The summed E-state index contributed by atoms with van der Waals surface area (Å²) < 4.78 is 25.4. The average molecular weight is 282 g/mol. The van der Waals surface area contributed by atoms with E-state index in [0.717, 1.165) is 0 Å². The average Bonchev–Trinajstić information content (AvgIpc) is 2.37. The SMILES string of the molecule is CCS(=O)(=O)N1CC(=O)N(C(C)C)c2ccccc21. The molecule has 19 heavy (non-hydrogen) atoms. The van der Waals surface area contributed by atoms with Crippen molar-refractivity contribution in [2.75, 3.05) is 21.5 Å². The molecule has 1 aliphatic heterocycles. The third-order valence-corrected chi connectivity index (χ3v) is 4.90. The van der Waals surface area contributed by atoms with Crippen molar-refractivity contribution in [3.63, 3.8) is 0 Å². The summed E-state index contributed by atoms with van der Waals surface area (Å²) in [4.78, 5) is 13.8. The molecule has 0 saturated heterocycles. The van der Waals surface area contributed by atoms with Gasteiger partial charge < -0.3 is 4.90 Å². The molecule has 0 unspecified atom stereocenters. The highest BCUT2D eigenvalue weighted by atomic mass is 32.2. The van der Waals surface area contributed by atoms with Crippen molar-refractivity contribution in [3.8, 4) is 0 Å². The number of hydrogen-bond acceptors (Lipinski definition) is 3. The second kappa shape index (κ2) is 4.85. The van der Waals surface area contributed by atoms with Crippen molar-refractivity contribution in [1.29, 1.82) is 0 Å². The van der Waals surface area contributed by atoms with Gasteiger partial charge in [-0.15, -0.1) is 0 Å². The molecule has 0 aliphatic carbocycles. The van der Waals surface area contributed by atoms with E-state index >= 15 is 0 Å². The van der Waals surface area contributed by atoms with Crippen LogP contribution < -0.4 is 9.21 Å². The first-order valence-corrected chi connectivity index (χ1v) is 7.91. The first-order chi connectivity index (χ1) is 8.88. The Bertz CT molecular complexity index is 596. The molecular weight excluding hydrogens is 264 g/mol. The van der Waals surface area contributed by atoms with Gasteiger partial charge in [-0.1, -0.05) is 12.1 Å². The summed E-state index contributed by atoms with van der Waals surface area (Å²) in [5.74, 6) is -0.207. The summed E-state index contributed by atoms with van der Waals surface area (Å²) in [7, 11) is -3.43. The lowest BCUT2D eigenvalue weighted by Gasteiger charge is -2.38. The fraction of sp³-hybridized carbons (Fsp3) is 0.462. The van der Waals surface area contributed by atoms with Gasteiger partial charge in [0.15, 0.2) is 0 Å². The number of hydrogen-bond donors (Lipinski definition) is 0. The highest BCUT2D eigenvalue weighted by Crippen LogP contribution is 2.36. The van der Waals surface area contributed by atoms with E-state index in [1.807, 2.05) is 19.9 Å². The van der Waals surface area contributed by atoms with Gasteiger partial charge in [-0.25, -0.2) is 8.42 Å². The Hall–Kier alpha value is -1.56. The number of rotatable bonds is 3. The molecule has 0 aromatic heterocycles. The van der Waals surface area contributed by atoms with Gasteiger partial charge in [-0.2, -0.15) is 0 Å². The number of carbonyl (C=O) groups excluding carboxylic acids is 1. The Kier molecular flexibility index (Phi) is 3.54. The second-order valence-electron chi connectivity index (χ2n) is 4.75. The second-order valence-corrected chi connectivity index (χ2v) is 6.94. The van der Waals surface area contributed by atoms with Crippen LogP contribution in [0.2, 0.25) is 0 Å². The van der Waals surface area contributed by atoms with Gasteiger partial charge >= 0.3 is 0 Å². The largest absolute Gasteiger partial charge is 0.306 e. The summed E-state index contributed by atoms with van der Waals surface area (Å²) in [6, 6.07) is 7.12. The molecule has 1 aromatic carbocycles. The highest BCUT2D eigenvalue weighted by Gasteiger charge is 2.35. The van der Waals surface area contributed by atoms with Crippen LogP contribution in [-0.2, 0) is 14.8 Å². The van der Waals surface area contributed by atoms with E-state index < -0.39 is 10.0 Å². The van der Waals surface area contributed by atoms with Crippen LogP contribution in [-0.4, -0.2) is 32.7 Å². The molecule has 0 atom stereocenters. The van der Waals surface area contributed by atoms with Crippen molar-refractivity contribution < 1.29 is 13.2 Å². The molecular formula is C13H18N2O3S. The van der Waals surface area contributed by atoms with Crippen molar-refractivity contribution in [3.05, 3.63) is 24.3 Å². The Morgan fingerprint density at radius 1 is 1.21 bits per heavy atom. The van der Waals surface area contributed by atoms with Crippen LogP contribution >= 0.6 is 0 Å². The molecule has 1 heterocycles. The predicted octanol–water partition coefficient (Wildman–Crippen LogP) is 1.60. The fourth-order valence-electron chi connectivity index (χ4n) is 2.27. The maximum absolute atomic E-state index is 12.2. The van der Waals surface area contributed by atoms with Crippen LogP contribution in [0.3, 0.4) is 0 Å². The van der Waals surface area contributed by atoms with Crippen LogP contribution in [0.1, 0.15) is 20.8 Å². The summed E-state index contributed by atoms with van der Waals surface area (Å²) in [6.07, 6.45) is 0. The molecule has 2 rings (SSSR count). The molecule has 1 aliphatic rings. The van der Waals surface area contributed by atoms with E-state index in [4.69, 9.17) is 0 Å². The predicted molar refractivity (Wildman–Crippen MR) is 75.9 cm³/mol. The number of fused-ring (bicyclic) bond motifs is 1. The maximum Gasteiger partial charge on any atom is 0.248 e. The molecule has 1 aromatic rings. The van der Waals surface area contributed by atoms with Gasteiger partial charge in [-0.3, -0.25) is 9.10 Å². The molecule has 104 valence electrons. The normalized spacial score (nSPS) is 15.9. The van der Waals surface area contributed by atoms with E-state index in [2.05, 4.69) is 0 Å². The number of carbonyl (C=O) groups is 1. The molecule has 0 spiro atoms. The fourth-order valence-corrected chi connectivity index (χ4v) is 3.34. The van der Waals surface area contributed by atoms with E-state index in [0.29, 0.717) is 11.4 Å². The smallest absolute Gasteiger partial charge is 0.248 e. The molecule has 1 amide bonds. The quantitative estimate of drug-likeness (QED) is 0.846. The number of benzene rings is 1. The third-order valence-electron chi connectivity index (χ3n) is 3.17. The Labute approximate surface area is 113 Å². The zero-order valence-electron chi connectivity index (χ0n) is 11.3. The minimum Gasteiger partial charge on any atom is -0.306 e. The van der Waals surface area contributed by atoms with Crippen LogP contribution in [0.5, 0.6) is 0 Å². The standard InChI is InChI=1S/C13H18N2O3S/c1-4-19(17,18)14-9-13(16)15(10(2)3)12-8-6-5-7-11(12)14/h5-8,10H,4,9H2,1-3H3. The van der Waals surface area contributed by atoms with E-state index in [9.17, 15) is 13.2 Å². The van der Waals surface area contributed by atoms with Gasteiger partial charge in [0.2, 0.25) is 15.9 Å². The van der Waals surface area contributed by atoms with Gasteiger partial charge in [0, 0.05) is 6.04 Å². The minimum atomic E-state index is -3.43. The molecule has 0 bridgehead atoms. The summed E-state index contributed by atoms with van der Waals surface area (Å²) in [6.45, 7) is 5.29. The van der Waals surface area contributed by atoms with Crippen LogP contribution in [0, 0.1) is 0 Å². The van der Waals surface area contributed by atoms with Crippen molar-refractivity contribution in [1.82, 2.24) is 0 Å². The van der Waals surface area contributed by atoms with Gasteiger partial charge in [0.25, 0.3) is 0 Å². The van der Waals surface area contributed by atoms with Crippen molar-refractivity contribution in [2.45, 2.75) is 26.8 Å². The van der Waals surface area contributed by atoms with E-state index in [1.54, 1.807) is 30.0 Å². The Balaban J connectivity index is 2.60. The number of nitrogens with zero attached hydrogens (tertiary/aromatic N) is 2. The number of para-hydroxylation sites is 2. The van der Waals surface area contributed by atoms with Crippen LogP contribution in [0.15, 0.2) is 24.3 Å². The zero-order valence-corrected chi connectivity index (χ0v) is 12.1. The summed E-state index contributed by atoms with van der Waals surface area (Å²) >= 11 is 0. The Morgan fingerprint density at radius 2 is 1.79 bits per heavy atom. The first kappa shape index (κ1) is 13.9. The van der Waals surface area contributed by atoms with Crippen molar-refractivity contribution >= 4 is 27.3 Å². The molecule has 0 radical (unpaired) electrons. The number of anilines is 2. The van der Waals surface area contributed by atoms with Gasteiger partial charge in [0.1, 0.15) is 6.54 Å². The highest BCUT2D eigenvalue weighted by molar-refractivity contribution is 7.92. The topological polar surface area (TPSA) is 57.7 Å². The summed E-state index contributed by atoms with van der Waals surface area (Å²) in [5, 5.41) is 0. The van der Waals surface area contributed by atoms with Gasteiger partial charge in [0.05, 0.1) is 17.1 Å². The number of sulfonamides is 1. The lowest BCUT2D eigenvalue weighted by molar-refractivity contribution is -0.117. The molecule has 0 saturated carbocycles. The van der Waals surface area contributed by atoms with Crippen LogP contribution in [0.4, 0.5) is 11.4 Å². The molecule has 5 nitrogen and oxygen atoms in total. The van der Waals surface area contributed by atoms with E-state index in [-0.39, 0.29) is 24.2 Å². The van der Waals surface area contributed by atoms with E-state index in [1.165, 1.54) is 4.31 Å². The Morgan fingerprint density at radius 3 is 2.32 bits per heavy atom. The molecule has 6 heteroatoms. The van der Waals surface area contributed by atoms with Gasteiger partial charge in [-0.05, 0) is 32.9 Å². The third kappa shape index (κ3) is 2.32. The minimum absolute atomic E-state index is 0.000121. The number of amides is 1. The molecule has 0 fully saturated rings. The molecule has 0 N–H and O–H groups in total. The first-order valence-electron chi connectivity index (χ1n) is 6.30. The van der Waals surface area contributed by atoms with Crippen LogP contribution in [0.25, 0.3) is 0 Å². The lowest BCUT2D eigenvalue weighted by Crippen LogP contribution is -2.50. The monoisotopic (exact) mass is 282 g/mol. The van der Waals surface area contributed by atoms with Crippen molar-refractivity contribution in [2.24, 2.45) is 0 Å². The lowest BCUT2D eigenvalue weighted by atomic mass is 10.1. The summed E-state index contributed by atoms with van der Waals surface area (Å²) in [5.41, 5.74) is 1.24. The zero-order chi connectivity index (χ0) is 14.2.